The zero-order valence-corrected chi connectivity index (χ0v) is 20.3. The van der Waals surface area contributed by atoms with E-state index in [4.69, 9.17) is 18.9 Å². The summed E-state index contributed by atoms with van der Waals surface area (Å²) in [7, 11) is 6.46. The van der Waals surface area contributed by atoms with Gasteiger partial charge in [0.1, 0.15) is 23.0 Å². The van der Waals surface area contributed by atoms with Crippen LogP contribution in [0.3, 0.4) is 0 Å². The van der Waals surface area contributed by atoms with E-state index in [1.165, 1.54) is 0 Å². The highest BCUT2D eigenvalue weighted by atomic mass is 16.5. The molecule has 1 aliphatic carbocycles. The number of benzene rings is 4. The molecule has 4 aromatic carbocycles. The molecule has 0 heterocycles. The van der Waals surface area contributed by atoms with Crippen molar-refractivity contribution in [1.29, 1.82) is 0 Å². The molecule has 0 unspecified atom stereocenters. The third kappa shape index (κ3) is 3.60. The number of rotatable bonds is 4. The van der Waals surface area contributed by atoms with Crippen molar-refractivity contribution in [3.8, 4) is 23.0 Å². The van der Waals surface area contributed by atoms with E-state index < -0.39 is 0 Å². The fraction of sp³-hybridized carbons (Fsp3) is 0.125. The topological polar surface area (TPSA) is 36.9 Å². The Kier molecular flexibility index (Phi) is 6.03. The van der Waals surface area contributed by atoms with Gasteiger partial charge in [-0.05, 0) is 45.8 Å². The lowest BCUT2D eigenvalue weighted by Gasteiger charge is -2.10. The summed E-state index contributed by atoms with van der Waals surface area (Å²) >= 11 is 0. The summed E-state index contributed by atoms with van der Waals surface area (Å²) < 4.78 is 23.1. The molecular weight excluding hydrogens is 448 g/mol. The zero-order valence-electron chi connectivity index (χ0n) is 20.3. The smallest absolute Gasteiger partial charge is 0.143 e. The monoisotopic (exact) mass is 468 g/mol. The Balaban J connectivity index is 2.20. The molecule has 0 amide bonds. The summed E-state index contributed by atoms with van der Waals surface area (Å²) in [5.74, 6) is 2.45. The molecule has 0 radical (unpaired) electrons. The molecule has 36 heavy (non-hydrogen) atoms. The molecule has 0 N–H and O–H groups in total. The van der Waals surface area contributed by atoms with Crippen LogP contribution in [0.25, 0.3) is 44.5 Å². The second kappa shape index (κ2) is 9.60. The standard InChI is InChI=1S/C32H20O4/c1-33-29-21-13-5-6-14-22(21)30(34-2)26-18-11-12-20-28-27(19-10-9-17-25(26)29)31(35-3)23-15-7-8-16-24(23)32(28)36-4/h5-8,13-16H,1-4H3. The largest absolute Gasteiger partial charge is 0.495 e. The van der Waals surface area contributed by atoms with Crippen LogP contribution in [0.4, 0.5) is 0 Å². The molecule has 4 heteroatoms. The Labute approximate surface area is 207 Å². The summed E-state index contributed by atoms with van der Waals surface area (Å²) in [6, 6.07) is 15.6. The van der Waals surface area contributed by atoms with Crippen molar-refractivity contribution in [2.45, 2.75) is 0 Å². The van der Waals surface area contributed by atoms with Crippen LogP contribution in [0.2, 0.25) is 0 Å². The molecule has 0 saturated carbocycles. The SMILES string of the molecule is COc1c2c(c(OC)c3ccccc13)=C=C=C=C=c1c(OC)c3ccccc3c(OC)c1=C=C=C=C=2. The van der Waals surface area contributed by atoms with Crippen molar-refractivity contribution in [2.75, 3.05) is 28.4 Å². The molecule has 4 aromatic rings. The predicted molar refractivity (Wildman–Crippen MR) is 140 cm³/mol. The summed E-state index contributed by atoms with van der Waals surface area (Å²) in [5, 5.41) is 5.89. The first-order valence-electron chi connectivity index (χ1n) is 11.1. The van der Waals surface area contributed by atoms with Gasteiger partial charge in [0.2, 0.25) is 0 Å². The van der Waals surface area contributed by atoms with Crippen LogP contribution < -0.4 is 39.8 Å². The van der Waals surface area contributed by atoms with Gasteiger partial charge in [0.25, 0.3) is 0 Å². The number of hydrogen-bond donors (Lipinski definition) is 0. The summed E-state index contributed by atoms with van der Waals surface area (Å²) in [4.78, 5) is 0. The van der Waals surface area contributed by atoms with Crippen LogP contribution in [-0.4, -0.2) is 28.4 Å². The van der Waals surface area contributed by atoms with Crippen LogP contribution in [0, 0.1) is 0 Å². The average molecular weight is 469 g/mol. The average Bonchev–Trinajstić information content (AvgIpc) is 2.91. The number of fused-ring (bicyclic) bond motifs is 4. The highest BCUT2D eigenvalue weighted by Gasteiger charge is 2.13. The van der Waals surface area contributed by atoms with E-state index in [0.717, 1.165) is 21.5 Å². The van der Waals surface area contributed by atoms with Crippen LogP contribution in [0.5, 0.6) is 23.0 Å². The Hall–Kier alpha value is -5.16. The number of hydrogen-bond acceptors (Lipinski definition) is 4. The second-order valence-corrected chi connectivity index (χ2v) is 7.72. The summed E-state index contributed by atoms with van der Waals surface area (Å²) in [6.45, 7) is 0. The van der Waals surface area contributed by atoms with Crippen molar-refractivity contribution in [1.82, 2.24) is 0 Å². The number of ether oxygens (including phenoxy) is 4. The van der Waals surface area contributed by atoms with E-state index in [2.05, 4.69) is 45.8 Å². The van der Waals surface area contributed by atoms with Gasteiger partial charge in [-0.1, -0.05) is 48.5 Å². The fourth-order valence-electron chi connectivity index (χ4n) is 4.45. The van der Waals surface area contributed by atoms with Gasteiger partial charge in [-0.2, -0.15) is 0 Å². The first kappa shape index (κ1) is 22.6. The van der Waals surface area contributed by atoms with Crippen LogP contribution in [0.1, 0.15) is 0 Å². The molecule has 0 aliphatic heterocycles. The molecule has 0 bridgehead atoms. The minimum Gasteiger partial charge on any atom is -0.495 e. The Morgan fingerprint density at radius 3 is 0.806 bits per heavy atom. The van der Waals surface area contributed by atoms with Gasteiger partial charge in [-0.3, -0.25) is 0 Å². The molecule has 5 rings (SSSR count). The second-order valence-electron chi connectivity index (χ2n) is 7.72. The van der Waals surface area contributed by atoms with Gasteiger partial charge < -0.3 is 18.9 Å². The van der Waals surface area contributed by atoms with Gasteiger partial charge >= 0.3 is 0 Å². The third-order valence-corrected chi connectivity index (χ3v) is 5.93. The zero-order chi connectivity index (χ0) is 25.1. The maximum Gasteiger partial charge on any atom is 0.143 e. The molecule has 172 valence electrons. The van der Waals surface area contributed by atoms with Gasteiger partial charge in [-0.15, -0.1) is 0 Å². The van der Waals surface area contributed by atoms with Crippen molar-refractivity contribution >= 4 is 44.5 Å². The third-order valence-electron chi connectivity index (χ3n) is 5.93. The fourth-order valence-corrected chi connectivity index (χ4v) is 4.45. The molecule has 1 aliphatic rings. The van der Waals surface area contributed by atoms with Gasteiger partial charge in [0, 0.05) is 21.5 Å². The van der Waals surface area contributed by atoms with E-state index in [9.17, 15) is 0 Å². The Morgan fingerprint density at radius 1 is 0.389 bits per heavy atom. The first-order valence-corrected chi connectivity index (χ1v) is 11.1. The Morgan fingerprint density at radius 2 is 0.611 bits per heavy atom. The highest BCUT2D eigenvalue weighted by molar-refractivity contribution is 5.95. The predicted octanol–water partition coefficient (Wildman–Crippen LogP) is 2.99. The maximum atomic E-state index is 5.77. The van der Waals surface area contributed by atoms with Crippen LogP contribution in [-0.2, 0) is 0 Å². The van der Waals surface area contributed by atoms with Crippen molar-refractivity contribution < 1.29 is 18.9 Å². The normalized spacial score (nSPS) is 10.8. The molecule has 0 fully saturated rings. The molecule has 0 aromatic heterocycles. The minimum absolute atomic E-state index is 0.598. The van der Waals surface area contributed by atoms with Crippen LogP contribution in [0.15, 0.2) is 71.5 Å². The van der Waals surface area contributed by atoms with E-state index in [1.54, 1.807) is 28.4 Å². The molecule has 0 atom stereocenters. The summed E-state index contributed by atoms with van der Waals surface area (Å²) in [6.07, 6.45) is 0. The van der Waals surface area contributed by atoms with Crippen molar-refractivity contribution in [3.05, 3.63) is 92.3 Å². The maximum absolute atomic E-state index is 5.77. The van der Waals surface area contributed by atoms with Crippen molar-refractivity contribution in [2.24, 2.45) is 0 Å². The highest BCUT2D eigenvalue weighted by Crippen LogP contribution is 2.28. The molecule has 0 spiro atoms. The first-order chi connectivity index (χ1) is 17.7. The lowest BCUT2D eigenvalue weighted by Crippen LogP contribution is -2.27. The lowest BCUT2D eigenvalue weighted by molar-refractivity contribution is 0.405. The van der Waals surface area contributed by atoms with Gasteiger partial charge in [-0.25, -0.2) is 0 Å². The number of methoxy groups -OCH3 is 4. The van der Waals surface area contributed by atoms with Crippen molar-refractivity contribution in [3.63, 3.8) is 0 Å². The minimum atomic E-state index is 0.598. The molecule has 4 nitrogen and oxygen atoms in total. The molecule has 0 saturated heterocycles. The quantitative estimate of drug-likeness (QED) is 0.380. The summed E-state index contributed by atoms with van der Waals surface area (Å²) in [5.41, 5.74) is 24.5. The molecular formula is C32H20O4. The lowest BCUT2D eigenvalue weighted by atomic mass is 10.0. The van der Waals surface area contributed by atoms with Gasteiger partial charge in [0.05, 0.1) is 49.3 Å². The van der Waals surface area contributed by atoms with Crippen LogP contribution >= 0.6 is 0 Å². The van der Waals surface area contributed by atoms with E-state index in [-0.39, 0.29) is 0 Å². The Bertz CT molecular complexity index is 1770. The van der Waals surface area contributed by atoms with E-state index in [1.807, 2.05) is 48.5 Å². The van der Waals surface area contributed by atoms with E-state index in [0.29, 0.717) is 43.9 Å². The van der Waals surface area contributed by atoms with Gasteiger partial charge in [0.15, 0.2) is 0 Å². The van der Waals surface area contributed by atoms with E-state index >= 15 is 0 Å².